The molecule has 1 atom stereocenters. The van der Waals surface area contributed by atoms with Gasteiger partial charge in [-0.3, -0.25) is 10.6 Å². The summed E-state index contributed by atoms with van der Waals surface area (Å²) in [7, 11) is 0. The van der Waals surface area contributed by atoms with Gasteiger partial charge < -0.3 is 10.7 Å². The van der Waals surface area contributed by atoms with E-state index in [0.29, 0.717) is 11.3 Å². The molecule has 2 rings (SSSR count). The van der Waals surface area contributed by atoms with Gasteiger partial charge in [-0.1, -0.05) is 32.4 Å². The van der Waals surface area contributed by atoms with E-state index in [9.17, 15) is 4.79 Å². The van der Waals surface area contributed by atoms with Gasteiger partial charge in [0, 0.05) is 6.04 Å². The first-order valence-electron chi connectivity index (χ1n) is 6.41. The maximum Gasteiger partial charge on any atom is 0.253 e. The number of carbonyl (C=O) groups is 1. The lowest BCUT2D eigenvalue weighted by atomic mass is 9.87. The molecule has 18 heavy (non-hydrogen) atoms. The first-order chi connectivity index (χ1) is 8.54. The fraction of sp³-hybridized carbons (Fsp3) is 0.500. The molecule has 0 bridgehead atoms. The van der Waals surface area contributed by atoms with Crippen LogP contribution in [0.1, 0.15) is 43.5 Å². The second-order valence-electron chi connectivity index (χ2n) is 5.60. The molecule has 0 spiro atoms. The van der Waals surface area contributed by atoms with Crippen molar-refractivity contribution >= 4 is 11.6 Å². The molecule has 1 aromatic carbocycles. The number of hydrogen-bond acceptors (Lipinski definition) is 3. The quantitative estimate of drug-likeness (QED) is 0.567. The van der Waals surface area contributed by atoms with Crippen molar-refractivity contribution in [2.45, 2.75) is 39.2 Å². The van der Waals surface area contributed by atoms with E-state index in [0.717, 1.165) is 12.8 Å². The fourth-order valence-electron chi connectivity index (χ4n) is 2.64. The Morgan fingerprint density at radius 2 is 2.11 bits per heavy atom. The minimum absolute atomic E-state index is 0.0523. The minimum atomic E-state index is -0.0523. The average molecular weight is 247 g/mol. The van der Waals surface area contributed by atoms with Crippen molar-refractivity contribution in [1.82, 2.24) is 5.32 Å². The predicted molar refractivity (Wildman–Crippen MR) is 73.1 cm³/mol. The highest BCUT2D eigenvalue weighted by Crippen LogP contribution is 2.37. The first-order valence-corrected chi connectivity index (χ1v) is 6.41. The molecule has 98 valence electrons. The Hall–Kier alpha value is -1.55. The van der Waals surface area contributed by atoms with Gasteiger partial charge in [0.2, 0.25) is 0 Å². The summed E-state index contributed by atoms with van der Waals surface area (Å²) >= 11 is 0. The molecule has 4 N–H and O–H groups in total. The third kappa shape index (κ3) is 2.48. The van der Waals surface area contributed by atoms with Crippen LogP contribution in [0.3, 0.4) is 0 Å². The monoisotopic (exact) mass is 247 g/mol. The number of amides is 1. The van der Waals surface area contributed by atoms with Crippen molar-refractivity contribution < 1.29 is 4.79 Å². The largest absolute Gasteiger partial charge is 0.349 e. The van der Waals surface area contributed by atoms with E-state index in [1.807, 2.05) is 12.1 Å². The van der Waals surface area contributed by atoms with Crippen molar-refractivity contribution in [1.29, 1.82) is 0 Å². The number of carbonyl (C=O) groups excluding carboxylic acids is 1. The van der Waals surface area contributed by atoms with E-state index in [1.165, 1.54) is 6.42 Å². The molecule has 0 saturated heterocycles. The molecule has 0 aromatic heterocycles. The molecule has 0 heterocycles. The van der Waals surface area contributed by atoms with Gasteiger partial charge in [-0.2, -0.15) is 0 Å². The maximum absolute atomic E-state index is 12.3. The first kappa shape index (κ1) is 12.9. The number of hydrazine groups is 1. The zero-order chi connectivity index (χ0) is 13.2. The standard InChI is InChI=1S/C14H21N3O/c1-14(2)9-5-8-12(14)16-13(18)10-6-3-4-7-11(10)17-15/h3-4,6-7,12,17H,5,8-9,15H2,1-2H3,(H,16,18). The van der Waals surface area contributed by atoms with Crippen molar-refractivity contribution in [2.24, 2.45) is 11.3 Å². The Labute approximate surface area is 108 Å². The van der Waals surface area contributed by atoms with E-state index in [2.05, 4.69) is 24.6 Å². The lowest BCUT2D eigenvalue weighted by Gasteiger charge is -2.28. The summed E-state index contributed by atoms with van der Waals surface area (Å²) in [5, 5.41) is 3.13. The number of rotatable bonds is 3. The summed E-state index contributed by atoms with van der Waals surface area (Å²) in [5.74, 6) is 5.37. The number of nitrogens with two attached hydrogens (primary N) is 1. The van der Waals surface area contributed by atoms with Gasteiger partial charge in [-0.25, -0.2) is 0 Å². The second kappa shape index (κ2) is 4.98. The Kier molecular flexibility index (Phi) is 3.57. The van der Waals surface area contributed by atoms with Crippen molar-refractivity contribution in [2.75, 3.05) is 5.43 Å². The number of hydrogen-bond donors (Lipinski definition) is 3. The fourth-order valence-corrected chi connectivity index (χ4v) is 2.64. The summed E-state index contributed by atoms with van der Waals surface area (Å²) in [6.07, 6.45) is 3.39. The average Bonchev–Trinajstić information content (AvgIpc) is 2.68. The number of benzene rings is 1. The third-order valence-corrected chi connectivity index (χ3v) is 3.89. The van der Waals surface area contributed by atoms with E-state index in [-0.39, 0.29) is 17.4 Å². The molecule has 0 radical (unpaired) electrons. The van der Waals surface area contributed by atoms with E-state index >= 15 is 0 Å². The number of nitrogens with one attached hydrogen (secondary N) is 2. The molecule has 1 unspecified atom stereocenters. The molecule has 0 aliphatic heterocycles. The number of para-hydroxylation sites is 1. The maximum atomic E-state index is 12.3. The predicted octanol–water partition coefficient (Wildman–Crippen LogP) is 2.28. The molecule has 1 aliphatic rings. The molecule has 4 nitrogen and oxygen atoms in total. The minimum Gasteiger partial charge on any atom is -0.349 e. The van der Waals surface area contributed by atoms with Crippen molar-refractivity contribution in [3.8, 4) is 0 Å². The van der Waals surface area contributed by atoms with Gasteiger partial charge in [0.05, 0.1) is 11.3 Å². The molecule has 1 fully saturated rings. The second-order valence-corrected chi connectivity index (χ2v) is 5.60. The highest BCUT2D eigenvalue weighted by atomic mass is 16.1. The van der Waals surface area contributed by atoms with Crippen LogP contribution in [0.2, 0.25) is 0 Å². The summed E-state index contributed by atoms with van der Waals surface area (Å²) in [5.41, 5.74) is 4.00. The molecule has 1 aliphatic carbocycles. The topological polar surface area (TPSA) is 67.2 Å². The van der Waals surface area contributed by atoms with Crippen LogP contribution in [0, 0.1) is 5.41 Å². The molecule has 1 amide bonds. The molecule has 1 saturated carbocycles. The Morgan fingerprint density at radius 3 is 2.72 bits per heavy atom. The summed E-state index contributed by atoms with van der Waals surface area (Å²) in [6, 6.07) is 7.53. The third-order valence-electron chi connectivity index (χ3n) is 3.89. The summed E-state index contributed by atoms with van der Waals surface area (Å²) in [6.45, 7) is 4.41. The van der Waals surface area contributed by atoms with Crippen LogP contribution in [0.4, 0.5) is 5.69 Å². The van der Waals surface area contributed by atoms with Gasteiger partial charge in [-0.05, 0) is 30.4 Å². The highest BCUT2D eigenvalue weighted by molar-refractivity contribution is 5.99. The highest BCUT2D eigenvalue weighted by Gasteiger charge is 2.35. The Morgan fingerprint density at radius 1 is 1.39 bits per heavy atom. The zero-order valence-electron chi connectivity index (χ0n) is 11.0. The number of nitrogen functional groups attached to an aromatic ring is 1. The molecule has 1 aromatic rings. The van der Waals surface area contributed by atoms with E-state index in [1.54, 1.807) is 12.1 Å². The summed E-state index contributed by atoms with van der Waals surface area (Å²) < 4.78 is 0. The van der Waals surface area contributed by atoms with E-state index < -0.39 is 0 Å². The Bertz CT molecular complexity index is 442. The van der Waals surface area contributed by atoms with Crippen LogP contribution in [0.15, 0.2) is 24.3 Å². The van der Waals surface area contributed by atoms with E-state index in [4.69, 9.17) is 5.84 Å². The van der Waals surface area contributed by atoms with Crippen LogP contribution in [-0.4, -0.2) is 11.9 Å². The van der Waals surface area contributed by atoms with Crippen LogP contribution in [-0.2, 0) is 0 Å². The van der Waals surface area contributed by atoms with Gasteiger partial charge in [0.15, 0.2) is 0 Å². The number of anilines is 1. The van der Waals surface area contributed by atoms with Crippen LogP contribution in [0.25, 0.3) is 0 Å². The van der Waals surface area contributed by atoms with Crippen molar-refractivity contribution in [3.05, 3.63) is 29.8 Å². The van der Waals surface area contributed by atoms with Crippen LogP contribution in [0.5, 0.6) is 0 Å². The molecule has 4 heteroatoms. The van der Waals surface area contributed by atoms with Crippen molar-refractivity contribution in [3.63, 3.8) is 0 Å². The SMILES string of the molecule is CC1(C)CCCC1NC(=O)c1ccccc1NN. The van der Waals surface area contributed by atoms with Crippen LogP contribution >= 0.6 is 0 Å². The lowest BCUT2D eigenvalue weighted by molar-refractivity contribution is 0.0911. The summed E-state index contributed by atoms with van der Waals surface area (Å²) in [4.78, 5) is 12.3. The van der Waals surface area contributed by atoms with Gasteiger partial charge >= 0.3 is 0 Å². The van der Waals surface area contributed by atoms with Crippen LogP contribution < -0.4 is 16.6 Å². The van der Waals surface area contributed by atoms with Gasteiger partial charge in [-0.15, -0.1) is 0 Å². The Balaban J connectivity index is 2.13. The smallest absolute Gasteiger partial charge is 0.253 e. The lowest BCUT2D eigenvalue weighted by Crippen LogP contribution is -2.41. The normalized spacial score (nSPS) is 21.6. The zero-order valence-corrected chi connectivity index (χ0v) is 11.0. The van der Waals surface area contributed by atoms with Gasteiger partial charge in [0.25, 0.3) is 5.91 Å². The van der Waals surface area contributed by atoms with Gasteiger partial charge in [0.1, 0.15) is 0 Å². The molecular formula is C14H21N3O. The molecular weight excluding hydrogens is 226 g/mol.